The number of carbonyl (C=O) groups excluding carboxylic acids is 1. The molecule has 4 rings (SSSR count). The maximum Gasteiger partial charge on any atom is 0.263 e. The van der Waals surface area contributed by atoms with Gasteiger partial charge in [0.05, 0.1) is 10.7 Å². The molecular weight excluding hydrogens is 376 g/mol. The molecule has 8 heteroatoms. The third-order valence-electron chi connectivity index (χ3n) is 5.05. The van der Waals surface area contributed by atoms with Crippen molar-refractivity contribution in [2.24, 2.45) is 5.73 Å². The van der Waals surface area contributed by atoms with Crippen LogP contribution >= 0.6 is 11.3 Å². The Morgan fingerprint density at radius 2 is 1.82 bits per heavy atom. The smallest absolute Gasteiger partial charge is 0.263 e. The monoisotopic (exact) mass is 400 g/mol. The van der Waals surface area contributed by atoms with E-state index in [1.165, 1.54) is 11.3 Å². The second kappa shape index (κ2) is 7.63. The van der Waals surface area contributed by atoms with E-state index in [4.69, 9.17) is 26.7 Å². The number of hydrogen-bond donors (Lipinski definition) is 4. The summed E-state index contributed by atoms with van der Waals surface area (Å²) >= 11 is 1.21. The predicted molar refractivity (Wildman–Crippen MR) is 111 cm³/mol. The van der Waals surface area contributed by atoms with Crippen molar-refractivity contribution in [2.45, 2.75) is 32.2 Å². The van der Waals surface area contributed by atoms with Gasteiger partial charge in [0.25, 0.3) is 5.91 Å². The minimum absolute atomic E-state index is 0.245. The summed E-state index contributed by atoms with van der Waals surface area (Å²) in [6.45, 7) is 1.42. The fourth-order valence-electron chi connectivity index (χ4n) is 3.62. The molecule has 28 heavy (non-hydrogen) atoms. The van der Waals surface area contributed by atoms with E-state index >= 15 is 0 Å². The van der Waals surface area contributed by atoms with Gasteiger partial charge in [0.2, 0.25) is 0 Å². The molecule has 0 atom stereocenters. The van der Waals surface area contributed by atoms with E-state index < -0.39 is 0 Å². The van der Waals surface area contributed by atoms with Gasteiger partial charge >= 0.3 is 0 Å². The van der Waals surface area contributed by atoms with Gasteiger partial charge in [-0.25, -0.2) is 0 Å². The molecule has 7 nitrogen and oxygen atoms in total. The van der Waals surface area contributed by atoms with Crippen molar-refractivity contribution in [1.82, 2.24) is 5.32 Å². The second-order valence-corrected chi connectivity index (χ2v) is 8.01. The molecule has 0 unspecified atom stereocenters. The number of nitrogens with two attached hydrogens (primary N) is 3. The van der Waals surface area contributed by atoms with Gasteiger partial charge in [-0.1, -0.05) is 6.07 Å². The Bertz CT molecular complexity index is 951. The highest BCUT2D eigenvalue weighted by molar-refractivity contribution is 7.18. The number of rotatable bonds is 4. The molecule has 2 heterocycles. The number of nitrogens with one attached hydrogen (secondary N) is 1. The molecule has 1 aromatic heterocycles. The van der Waals surface area contributed by atoms with Gasteiger partial charge in [-0.05, 0) is 49.0 Å². The van der Waals surface area contributed by atoms with Crippen LogP contribution in [0.2, 0.25) is 0 Å². The lowest BCUT2D eigenvalue weighted by molar-refractivity contribution is 0.0955. The van der Waals surface area contributed by atoms with E-state index in [-0.39, 0.29) is 5.91 Å². The number of anilines is 2. The fraction of sp³-hybridized carbons (Fsp3) is 0.350. The standard InChI is InChI=1S/C20H24N4O3S/c21-13-4-2-1-3-12(13)16-17(22)18(28-19(16)23)20(25)24-10-11-5-6-14-15(9-11)27-8-7-26-14/h5-6,9H,1-4,7-8,10,21-23H2,(H,24,25). The van der Waals surface area contributed by atoms with Gasteiger partial charge in [-0.15, -0.1) is 11.3 Å². The molecular formula is C20H24N4O3S. The normalized spacial score (nSPS) is 16.1. The SMILES string of the molecule is NC1=C(c2c(N)sc(C(=O)NCc3ccc4c(c3)OCCO4)c2N)CCCC1. The van der Waals surface area contributed by atoms with Crippen LogP contribution in [0.5, 0.6) is 11.5 Å². The van der Waals surface area contributed by atoms with E-state index in [0.717, 1.165) is 53.8 Å². The summed E-state index contributed by atoms with van der Waals surface area (Å²) in [5.74, 6) is 1.17. The summed E-state index contributed by atoms with van der Waals surface area (Å²) in [7, 11) is 0. The van der Waals surface area contributed by atoms with E-state index in [1.807, 2.05) is 18.2 Å². The summed E-state index contributed by atoms with van der Waals surface area (Å²) in [5, 5.41) is 3.45. The van der Waals surface area contributed by atoms with Crippen LogP contribution in [0.1, 0.15) is 46.5 Å². The number of ether oxygens (including phenoxy) is 2. The third-order valence-corrected chi connectivity index (χ3v) is 6.08. The zero-order valence-corrected chi connectivity index (χ0v) is 16.4. The first-order chi connectivity index (χ1) is 13.5. The predicted octanol–water partition coefficient (Wildman–Crippen LogP) is 2.86. The van der Waals surface area contributed by atoms with Crippen LogP contribution in [0.3, 0.4) is 0 Å². The van der Waals surface area contributed by atoms with Crippen molar-refractivity contribution in [3.8, 4) is 11.5 Å². The highest BCUT2D eigenvalue weighted by Crippen LogP contribution is 2.42. The highest BCUT2D eigenvalue weighted by atomic mass is 32.1. The van der Waals surface area contributed by atoms with Crippen molar-refractivity contribution in [3.63, 3.8) is 0 Å². The minimum Gasteiger partial charge on any atom is -0.486 e. The van der Waals surface area contributed by atoms with Crippen molar-refractivity contribution in [3.05, 3.63) is 39.9 Å². The molecule has 7 N–H and O–H groups in total. The molecule has 0 saturated heterocycles. The number of amides is 1. The molecule has 0 bridgehead atoms. The maximum atomic E-state index is 12.7. The topological polar surface area (TPSA) is 126 Å². The zero-order valence-electron chi connectivity index (χ0n) is 15.5. The van der Waals surface area contributed by atoms with Crippen LogP contribution < -0.4 is 32.0 Å². The summed E-state index contributed by atoms with van der Waals surface area (Å²) in [6, 6.07) is 5.63. The average Bonchev–Trinajstić information content (AvgIpc) is 3.00. The average molecular weight is 401 g/mol. The molecule has 1 aromatic carbocycles. The maximum absolute atomic E-state index is 12.7. The summed E-state index contributed by atoms with van der Waals surface area (Å²) in [5.41, 5.74) is 22.6. The first kappa shape index (κ1) is 18.5. The van der Waals surface area contributed by atoms with Gasteiger partial charge in [0.1, 0.15) is 18.1 Å². The largest absolute Gasteiger partial charge is 0.486 e. The first-order valence-corrected chi connectivity index (χ1v) is 10.2. The molecule has 2 aliphatic rings. The van der Waals surface area contributed by atoms with Crippen LogP contribution in [-0.2, 0) is 6.54 Å². The summed E-state index contributed by atoms with van der Waals surface area (Å²) in [6.07, 6.45) is 3.81. The number of allylic oxidation sites excluding steroid dienone is 2. The Balaban J connectivity index is 1.50. The van der Waals surface area contributed by atoms with Crippen LogP contribution in [0.15, 0.2) is 23.9 Å². The number of hydrogen-bond acceptors (Lipinski definition) is 7. The van der Waals surface area contributed by atoms with Crippen LogP contribution in [0, 0.1) is 0 Å². The molecule has 0 spiro atoms. The minimum atomic E-state index is -0.245. The molecule has 0 radical (unpaired) electrons. The molecule has 1 aliphatic carbocycles. The Kier molecular flexibility index (Phi) is 5.04. The Labute approximate surface area is 167 Å². The van der Waals surface area contributed by atoms with E-state index in [2.05, 4.69) is 5.32 Å². The number of thiophene rings is 1. The van der Waals surface area contributed by atoms with Crippen LogP contribution in [0.4, 0.5) is 10.7 Å². The van der Waals surface area contributed by atoms with E-state index in [1.54, 1.807) is 0 Å². The van der Waals surface area contributed by atoms with Crippen LogP contribution in [-0.4, -0.2) is 19.1 Å². The molecule has 0 saturated carbocycles. The lowest BCUT2D eigenvalue weighted by Gasteiger charge is -2.19. The second-order valence-electron chi connectivity index (χ2n) is 6.96. The first-order valence-electron chi connectivity index (χ1n) is 9.37. The quantitative estimate of drug-likeness (QED) is 0.625. The summed E-state index contributed by atoms with van der Waals surface area (Å²) in [4.78, 5) is 13.1. The van der Waals surface area contributed by atoms with Crippen molar-refractivity contribution < 1.29 is 14.3 Å². The Hall–Kier alpha value is -2.87. The highest BCUT2D eigenvalue weighted by Gasteiger charge is 2.24. The van der Waals surface area contributed by atoms with Crippen molar-refractivity contribution in [1.29, 1.82) is 0 Å². The summed E-state index contributed by atoms with van der Waals surface area (Å²) < 4.78 is 11.1. The number of fused-ring (bicyclic) bond motifs is 1. The molecule has 1 aliphatic heterocycles. The number of nitrogen functional groups attached to an aromatic ring is 2. The van der Waals surface area contributed by atoms with Crippen molar-refractivity contribution in [2.75, 3.05) is 24.7 Å². The van der Waals surface area contributed by atoms with E-state index in [0.29, 0.717) is 41.1 Å². The van der Waals surface area contributed by atoms with Gasteiger partial charge in [-0.3, -0.25) is 4.79 Å². The number of carbonyl (C=O) groups is 1. The molecule has 148 valence electrons. The van der Waals surface area contributed by atoms with Gasteiger partial charge < -0.3 is 32.0 Å². The van der Waals surface area contributed by atoms with Gasteiger partial charge in [0.15, 0.2) is 11.5 Å². The molecule has 1 amide bonds. The van der Waals surface area contributed by atoms with Crippen molar-refractivity contribution >= 4 is 33.5 Å². The van der Waals surface area contributed by atoms with E-state index in [9.17, 15) is 4.79 Å². The number of benzene rings is 1. The Morgan fingerprint density at radius 1 is 1.07 bits per heavy atom. The third kappa shape index (κ3) is 3.47. The van der Waals surface area contributed by atoms with Gasteiger partial charge in [0, 0.05) is 17.8 Å². The molecule has 2 aromatic rings. The zero-order chi connectivity index (χ0) is 19.7. The lowest BCUT2D eigenvalue weighted by atomic mass is 9.91. The fourth-order valence-corrected chi connectivity index (χ4v) is 4.55. The Morgan fingerprint density at radius 3 is 2.61 bits per heavy atom. The van der Waals surface area contributed by atoms with Gasteiger partial charge in [-0.2, -0.15) is 0 Å². The lowest BCUT2D eigenvalue weighted by Crippen LogP contribution is -2.23. The molecule has 0 fully saturated rings. The van der Waals surface area contributed by atoms with Crippen LogP contribution in [0.25, 0.3) is 5.57 Å².